The lowest BCUT2D eigenvalue weighted by Crippen LogP contribution is -2.43. The predicted octanol–water partition coefficient (Wildman–Crippen LogP) is 3.47. The summed E-state index contributed by atoms with van der Waals surface area (Å²) in [5, 5.41) is 0. The summed E-state index contributed by atoms with van der Waals surface area (Å²) >= 11 is 0. The van der Waals surface area contributed by atoms with Gasteiger partial charge in [0.05, 0.1) is 0 Å². The fourth-order valence-electron chi connectivity index (χ4n) is 2.02. The van der Waals surface area contributed by atoms with E-state index in [9.17, 15) is 4.79 Å². The molecular formula is C17H29N3O. The topological polar surface area (TPSA) is 59.2 Å². The van der Waals surface area contributed by atoms with Gasteiger partial charge >= 0.3 is 0 Å². The number of amides is 1. The van der Waals surface area contributed by atoms with Crippen LogP contribution in [0, 0.1) is 5.41 Å². The number of hydrogen-bond donors (Lipinski definition) is 1. The van der Waals surface area contributed by atoms with Crippen molar-refractivity contribution in [2.24, 2.45) is 5.41 Å². The summed E-state index contributed by atoms with van der Waals surface area (Å²) in [7, 11) is 1.84. The zero-order valence-electron chi connectivity index (χ0n) is 14.6. The smallest absolute Gasteiger partial charge is 0.254 e. The van der Waals surface area contributed by atoms with Crippen LogP contribution in [0.4, 0.5) is 5.82 Å². The normalized spacial score (nSPS) is 13.9. The molecule has 0 spiro atoms. The number of carbonyl (C=O) groups is 1. The molecule has 1 aromatic heterocycles. The number of nitrogens with two attached hydrogens (primary N) is 1. The minimum Gasteiger partial charge on any atom is -0.384 e. The number of anilines is 1. The van der Waals surface area contributed by atoms with Crippen LogP contribution in [0.25, 0.3) is 0 Å². The molecule has 2 N–H and O–H groups in total. The van der Waals surface area contributed by atoms with E-state index in [0.29, 0.717) is 11.4 Å². The molecule has 1 heterocycles. The molecule has 0 bridgehead atoms. The maximum Gasteiger partial charge on any atom is 0.254 e. The summed E-state index contributed by atoms with van der Waals surface area (Å²) in [4.78, 5) is 18.8. The van der Waals surface area contributed by atoms with Crippen molar-refractivity contribution in [2.75, 3.05) is 12.8 Å². The second-order valence-corrected chi connectivity index (χ2v) is 7.87. The average molecular weight is 291 g/mol. The molecule has 0 fully saturated rings. The number of rotatable bonds is 2. The van der Waals surface area contributed by atoms with Gasteiger partial charge in [-0.05, 0) is 24.5 Å². The van der Waals surface area contributed by atoms with E-state index < -0.39 is 0 Å². The maximum absolute atomic E-state index is 12.7. The van der Waals surface area contributed by atoms with Gasteiger partial charge in [-0.1, -0.05) is 41.5 Å². The lowest BCUT2D eigenvalue weighted by molar-refractivity contribution is 0.0629. The van der Waals surface area contributed by atoms with Crippen LogP contribution >= 0.6 is 0 Å². The first-order valence-electron chi connectivity index (χ1n) is 7.39. The van der Waals surface area contributed by atoms with E-state index in [-0.39, 0.29) is 22.8 Å². The highest BCUT2D eigenvalue weighted by atomic mass is 16.2. The molecule has 0 aliphatic carbocycles. The molecule has 0 saturated heterocycles. The molecule has 118 valence electrons. The average Bonchev–Trinajstić information content (AvgIpc) is 2.33. The molecule has 4 heteroatoms. The molecule has 1 amide bonds. The van der Waals surface area contributed by atoms with Gasteiger partial charge in [0.2, 0.25) is 0 Å². The first kappa shape index (κ1) is 17.5. The van der Waals surface area contributed by atoms with Gasteiger partial charge in [-0.3, -0.25) is 4.79 Å². The highest BCUT2D eigenvalue weighted by Gasteiger charge is 2.28. The fourth-order valence-corrected chi connectivity index (χ4v) is 2.02. The van der Waals surface area contributed by atoms with Crippen molar-refractivity contribution in [3.63, 3.8) is 0 Å². The van der Waals surface area contributed by atoms with Crippen molar-refractivity contribution in [3.8, 4) is 0 Å². The van der Waals surface area contributed by atoms with E-state index in [2.05, 4.69) is 53.5 Å². The summed E-state index contributed by atoms with van der Waals surface area (Å²) < 4.78 is 0. The maximum atomic E-state index is 12.7. The van der Waals surface area contributed by atoms with Crippen molar-refractivity contribution in [2.45, 2.75) is 59.9 Å². The Balaban J connectivity index is 3.17. The highest BCUT2D eigenvalue weighted by Crippen LogP contribution is 2.26. The number of carbonyl (C=O) groups excluding carboxylic acids is 1. The first-order valence-corrected chi connectivity index (χ1v) is 7.39. The SMILES string of the molecule is CC(N(C)C(=O)c1cc(N)nc(C(C)(C)C)c1)C(C)(C)C. The van der Waals surface area contributed by atoms with Crippen molar-refractivity contribution >= 4 is 11.7 Å². The number of nitrogen functional groups attached to an aromatic ring is 1. The number of pyridine rings is 1. The van der Waals surface area contributed by atoms with Crippen LogP contribution in [0.1, 0.15) is 64.5 Å². The van der Waals surface area contributed by atoms with Crippen LogP contribution in [0.5, 0.6) is 0 Å². The molecule has 0 radical (unpaired) electrons. The molecule has 1 aromatic rings. The molecule has 21 heavy (non-hydrogen) atoms. The van der Waals surface area contributed by atoms with Crippen molar-refractivity contribution in [1.29, 1.82) is 0 Å². The third-order valence-electron chi connectivity index (χ3n) is 4.02. The minimum atomic E-state index is -0.140. The van der Waals surface area contributed by atoms with Gasteiger partial charge in [-0.2, -0.15) is 0 Å². The van der Waals surface area contributed by atoms with Crippen molar-refractivity contribution < 1.29 is 4.79 Å². The lowest BCUT2D eigenvalue weighted by Gasteiger charge is -2.35. The van der Waals surface area contributed by atoms with Gasteiger partial charge in [-0.15, -0.1) is 0 Å². The summed E-state index contributed by atoms with van der Waals surface area (Å²) in [5.74, 6) is 0.375. The summed E-state index contributed by atoms with van der Waals surface area (Å²) in [6.45, 7) is 14.6. The standard InChI is InChI=1S/C17H29N3O/c1-11(16(2,3)4)20(8)15(21)12-9-13(17(5,6)7)19-14(18)10-12/h9-11H,1-8H3,(H2,18,19). The molecule has 0 saturated carbocycles. The van der Waals surface area contributed by atoms with Gasteiger partial charge in [-0.25, -0.2) is 4.98 Å². The second kappa shape index (κ2) is 5.66. The molecule has 0 aliphatic heterocycles. The van der Waals surface area contributed by atoms with Crippen molar-refractivity contribution in [3.05, 3.63) is 23.4 Å². The molecule has 1 atom stereocenters. The number of nitrogens with zero attached hydrogens (tertiary/aromatic N) is 2. The van der Waals surface area contributed by atoms with E-state index in [1.54, 1.807) is 11.0 Å². The quantitative estimate of drug-likeness (QED) is 0.907. The Labute approximate surface area is 128 Å². The Morgan fingerprint density at radius 1 is 1.19 bits per heavy atom. The van der Waals surface area contributed by atoms with Crippen LogP contribution in [0.3, 0.4) is 0 Å². The predicted molar refractivity (Wildman–Crippen MR) is 88.4 cm³/mol. The monoisotopic (exact) mass is 291 g/mol. The van der Waals surface area contributed by atoms with Gasteiger partial charge in [0.1, 0.15) is 5.82 Å². The van der Waals surface area contributed by atoms with Crippen LogP contribution in [-0.2, 0) is 5.41 Å². The molecule has 1 unspecified atom stereocenters. The van der Waals surface area contributed by atoms with Crippen LogP contribution < -0.4 is 5.73 Å². The largest absolute Gasteiger partial charge is 0.384 e. The van der Waals surface area contributed by atoms with E-state index >= 15 is 0 Å². The van der Waals surface area contributed by atoms with Gasteiger partial charge in [0, 0.05) is 29.8 Å². The summed E-state index contributed by atoms with van der Waals surface area (Å²) in [5.41, 5.74) is 7.20. The molecular weight excluding hydrogens is 262 g/mol. The van der Waals surface area contributed by atoms with E-state index in [4.69, 9.17) is 5.73 Å². The first-order chi connectivity index (χ1) is 9.34. The zero-order chi connectivity index (χ0) is 16.6. The number of hydrogen-bond acceptors (Lipinski definition) is 3. The van der Waals surface area contributed by atoms with E-state index in [1.807, 2.05) is 13.1 Å². The van der Waals surface area contributed by atoms with Crippen LogP contribution in [0.2, 0.25) is 0 Å². The van der Waals surface area contributed by atoms with Gasteiger partial charge in [0.25, 0.3) is 5.91 Å². The molecule has 1 rings (SSSR count). The van der Waals surface area contributed by atoms with Crippen LogP contribution in [-0.4, -0.2) is 28.9 Å². The Morgan fingerprint density at radius 3 is 2.14 bits per heavy atom. The Morgan fingerprint density at radius 2 is 1.71 bits per heavy atom. The van der Waals surface area contributed by atoms with Crippen molar-refractivity contribution in [1.82, 2.24) is 9.88 Å². The second-order valence-electron chi connectivity index (χ2n) is 7.87. The number of aromatic nitrogens is 1. The molecule has 4 nitrogen and oxygen atoms in total. The molecule has 0 aromatic carbocycles. The van der Waals surface area contributed by atoms with E-state index in [1.165, 1.54) is 0 Å². The molecule has 0 aliphatic rings. The fraction of sp³-hybridized carbons (Fsp3) is 0.647. The Bertz CT molecular complexity index is 524. The lowest BCUT2D eigenvalue weighted by atomic mass is 9.86. The highest BCUT2D eigenvalue weighted by molar-refractivity contribution is 5.95. The van der Waals surface area contributed by atoms with Crippen LogP contribution in [0.15, 0.2) is 12.1 Å². The van der Waals surface area contributed by atoms with Gasteiger partial charge < -0.3 is 10.6 Å². The summed E-state index contributed by atoms with van der Waals surface area (Å²) in [6.07, 6.45) is 0. The third-order valence-corrected chi connectivity index (χ3v) is 4.02. The summed E-state index contributed by atoms with van der Waals surface area (Å²) in [6, 6.07) is 3.63. The Kier molecular flexibility index (Phi) is 4.71. The Hall–Kier alpha value is -1.58. The minimum absolute atomic E-state index is 0.0166. The van der Waals surface area contributed by atoms with E-state index in [0.717, 1.165) is 5.69 Å². The third kappa shape index (κ3) is 4.19. The zero-order valence-corrected chi connectivity index (χ0v) is 14.6. The van der Waals surface area contributed by atoms with Gasteiger partial charge in [0.15, 0.2) is 0 Å².